The Morgan fingerprint density at radius 2 is 1.67 bits per heavy atom. The number of aromatic hydroxyl groups is 1. The summed E-state index contributed by atoms with van der Waals surface area (Å²) in [5.74, 6) is 0.387. The number of piperazine rings is 1. The number of phenols is 1. The molecular weight excluding hydrogens is 224 g/mol. The summed E-state index contributed by atoms with van der Waals surface area (Å²) < 4.78 is 0. The van der Waals surface area contributed by atoms with E-state index in [-0.39, 0.29) is 0 Å². The van der Waals surface area contributed by atoms with Crippen molar-refractivity contribution in [2.75, 3.05) is 38.1 Å². The summed E-state index contributed by atoms with van der Waals surface area (Å²) in [5, 5.41) is 12.5. The summed E-state index contributed by atoms with van der Waals surface area (Å²) in [6, 6.07) is 12.0. The highest BCUT2D eigenvalue weighted by atomic mass is 16.3. The molecule has 0 saturated carbocycles. The van der Waals surface area contributed by atoms with Gasteiger partial charge in [-0.1, -0.05) is 30.3 Å². The number of phenolic OH excluding ortho intramolecular Hbond substituents is 1. The van der Waals surface area contributed by atoms with Gasteiger partial charge in [0.05, 0.1) is 5.69 Å². The molecule has 0 amide bonds. The van der Waals surface area contributed by atoms with Gasteiger partial charge in [0.2, 0.25) is 0 Å². The summed E-state index contributed by atoms with van der Waals surface area (Å²) in [5.41, 5.74) is 0.987. The molecule has 0 bridgehead atoms. The summed E-state index contributed by atoms with van der Waals surface area (Å²) in [6.45, 7) is 4.03. The van der Waals surface area contributed by atoms with E-state index < -0.39 is 0 Å². The number of anilines is 1. The third-order valence-electron chi connectivity index (χ3n) is 3.70. The lowest BCUT2D eigenvalue weighted by molar-refractivity contribution is 0.312. The Bertz CT molecular complexity index is 559. The van der Waals surface area contributed by atoms with E-state index in [9.17, 15) is 5.11 Å². The van der Waals surface area contributed by atoms with Gasteiger partial charge in [-0.15, -0.1) is 0 Å². The molecule has 0 aromatic heterocycles. The molecule has 1 heterocycles. The molecule has 0 atom stereocenters. The van der Waals surface area contributed by atoms with Crippen LogP contribution in [0.25, 0.3) is 10.8 Å². The van der Waals surface area contributed by atoms with Crippen molar-refractivity contribution in [3.8, 4) is 5.75 Å². The molecule has 94 valence electrons. The van der Waals surface area contributed by atoms with Crippen LogP contribution in [0.4, 0.5) is 5.69 Å². The molecule has 2 aromatic rings. The number of hydrogen-bond acceptors (Lipinski definition) is 3. The van der Waals surface area contributed by atoms with Crippen LogP contribution in [0.15, 0.2) is 36.4 Å². The second-order valence-electron chi connectivity index (χ2n) is 4.94. The molecule has 1 aliphatic rings. The fourth-order valence-electron chi connectivity index (χ4n) is 2.61. The standard InChI is InChI=1S/C15H18N2O/c1-16-8-10-17(11-9-16)15-13-5-3-2-4-12(13)6-7-14(15)18/h2-7,18H,8-11H2,1H3. The molecule has 0 aliphatic carbocycles. The number of likely N-dealkylation sites (N-methyl/N-ethyl adjacent to an activating group) is 1. The zero-order chi connectivity index (χ0) is 12.5. The first-order valence-electron chi connectivity index (χ1n) is 6.40. The van der Waals surface area contributed by atoms with Gasteiger partial charge in [-0.3, -0.25) is 0 Å². The van der Waals surface area contributed by atoms with E-state index in [2.05, 4.69) is 29.0 Å². The lowest BCUT2D eigenvalue weighted by Gasteiger charge is -2.35. The smallest absolute Gasteiger partial charge is 0.139 e. The third kappa shape index (κ3) is 1.91. The molecule has 0 unspecified atom stereocenters. The summed E-state index contributed by atoms with van der Waals surface area (Å²) in [6.07, 6.45) is 0. The van der Waals surface area contributed by atoms with Gasteiger partial charge in [0.1, 0.15) is 5.75 Å². The predicted octanol–water partition coefficient (Wildman–Crippen LogP) is 2.30. The Morgan fingerprint density at radius 3 is 2.44 bits per heavy atom. The molecule has 1 aliphatic heterocycles. The molecule has 3 heteroatoms. The first-order chi connectivity index (χ1) is 8.75. The highest BCUT2D eigenvalue weighted by molar-refractivity contribution is 5.97. The molecule has 3 nitrogen and oxygen atoms in total. The number of nitrogens with zero attached hydrogens (tertiary/aromatic N) is 2. The Labute approximate surface area is 107 Å². The zero-order valence-corrected chi connectivity index (χ0v) is 10.6. The van der Waals surface area contributed by atoms with Gasteiger partial charge >= 0.3 is 0 Å². The topological polar surface area (TPSA) is 26.7 Å². The summed E-state index contributed by atoms with van der Waals surface area (Å²) >= 11 is 0. The van der Waals surface area contributed by atoms with Crippen molar-refractivity contribution in [3.63, 3.8) is 0 Å². The van der Waals surface area contributed by atoms with Gasteiger partial charge in [-0.2, -0.15) is 0 Å². The second-order valence-corrected chi connectivity index (χ2v) is 4.94. The van der Waals surface area contributed by atoms with Crippen molar-refractivity contribution >= 4 is 16.5 Å². The van der Waals surface area contributed by atoms with Gasteiger partial charge in [0.25, 0.3) is 0 Å². The van der Waals surface area contributed by atoms with Crippen LogP contribution in [-0.4, -0.2) is 43.2 Å². The van der Waals surface area contributed by atoms with E-state index in [1.807, 2.05) is 18.2 Å². The van der Waals surface area contributed by atoms with Crippen molar-refractivity contribution in [3.05, 3.63) is 36.4 Å². The number of fused-ring (bicyclic) bond motifs is 1. The van der Waals surface area contributed by atoms with Gasteiger partial charge in [0, 0.05) is 31.6 Å². The van der Waals surface area contributed by atoms with E-state index in [1.165, 1.54) is 5.39 Å². The zero-order valence-electron chi connectivity index (χ0n) is 10.6. The van der Waals surface area contributed by atoms with Crippen LogP contribution in [0, 0.1) is 0 Å². The molecule has 0 spiro atoms. The fourth-order valence-corrected chi connectivity index (χ4v) is 2.61. The monoisotopic (exact) mass is 242 g/mol. The molecule has 1 fully saturated rings. The lowest BCUT2D eigenvalue weighted by atomic mass is 10.1. The normalized spacial score (nSPS) is 17.3. The Hall–Kier alpha value is -1.74. The molecule has 1 saturated heterocycles. The van der Waals surface area contributed by atoms with Gasteiger partial charge in [0.15, 0.2) is 0 Å². The Kier molecular flexibility index (Phi) is 2.84. The molecule has 2 aromatic carbocycles. The minimum absolute atomic E-state index is 0.387. The largest absolute Gasteiger partial charge is 0.506 e. The molecular formula is C15H18N2O. The van der Waals surface area contributed by atoms with Crippen molar-refractivity contribution in [1.29, 1.82) is 0 Å². The van der Waals surface area contributed by atoms with E-state index in [4.69, 9.17) is 0 Å². The average molecular weight is 242 g/mol. The maximum Gasteiger partial charge on any atom is 0.139 e. The Balaban J connectivity index is 2.07. The first-order valence-corrected chi connectivity index (χ1v) is 6.40. The van der Waals surface area contributed by atoms with E-state index in [0.717, 1.165) is 37.3 Å². The molecule has 0 radical (unpaired) electrons. The van der Waals surface area contributed by atoms with Crippen LogP contribution in [-0.2, 0) is 0 Å². The van der Waals surface area contributed by atoms with E-state index in [1.54, 1.807) is 6.07 Å². The van der Waals surface area contributed by atoms with Crippen LogP contribution in [0.2, 0.25) is 0 Å². The van der Waals surface area contributed by atoms with E-state index >= 15 is 0 Å². The van der Waals surface area contributed by atoms with Crippen LogP contribution >= 0.6 is 0 Å². The summed E-state index contributed by atoms with van der Waals surface area (Å²) in [4.78, 5) is 4.61. The van der Waals surface area contributed by atoms with Crippen molar-refractivity contribution in [2.24, 2.45) is 0 Å². The van der Waals surface area contributed by atoms with Gasteiger partial charge in [-0.05, 0) is 18.5 Å². The first kappa shape index (κ1) is 11.4. The van der Waals surface area contributed by atoms with E-state index in [0.29, 0.717) is 5.75 Å². The van der Waals surface area contributed by atoms with Crippen LogP contribution in [0.3, 0.4) is 0 Å². The van der Waals surface area contributed by atoms with Crippen molar-refractivity contribution < 1.29 is 5.11 Å². The average Bonchev–Trinajstić information content (AvgIpc) is 2.40. The fraction of sp³-hybridized carbons (Fsp3) is 0.333. The Morgan fingerprint density at radius 1 is 0.944 bits per heavy atom. The summed E-state index contributed by atoms with van der Waals surface area (Å²) in [7, 11) is 2.14. The second kappa shape index (κ2) is 4.50. The van der Waals surface area contributed by atoms with Crippen molar-refractivity contribution in [1.82, 2.24) is 4.90 Å². The number of benzene rings is 2. The van der Waals surface area contributed by atoms with Gasteiger partial charge < -0.3 is 14.9 Å². The van der Waals surface area contributed by atoms with Gasteiger partial charge in [-0.25, -0.2) is 0 Å². The minimum Gasteiger partial charge on any atom is -0.506 e. The molecule has 1 N–H and O–H groups in total. The molecule has 3 rings (SSSR count). The van der Waals surface area contributed by atoms with Crippen LogP contribution in [0.1, 0.15) is 0 Å². The minimum atomic E-state index is 0.387. The third-order valence-corrected chi connectivity index (χ3v) is 3.70. The van der Waals surface area contributed by atoms with Crippen LogP contribution in [0.5, 0.6) is 5.75 Å². The lowest BCUT2D eigenvalue weighted by Crippen LogP contribution is -2.44. The SMILES string of the molecule is CN1CCN(c2c(O)ccc3ccccc23)CC1. The number of rotatable bonds is 1. The quantitative estimate of drug-likeness (QED) is 0.831. The maximum absolute atomic E-state index is 10.2. The molecule has 18 heavy (non-hydrogen) atoms. The van der Waals surface area contributed by atoms with Crippen LogP contribution < -0.4 is 4.90 Å². The van der Waals surface area contributed by atoms with Crippen molar-refractivity contribution in [2.45, 2.75) is 0 Å². The highest BCUT2D eigenvalue weighted by Gasteiger charge is 2.18. The number of hydrogen-bond donors (Lipinski definition) is 1. The predicted molar refractivity (Wildman–Crippen MR) is 75.3 cm³/mol. The highest BCUT2D eigenvalue weighted by Crippen LogP contribution is 2.35. The maximum atomic E-state index is 10.2.